The van der Waals surface area contributed by atoms with Crippen LogP contribution in [-0.2, 0) is 11.3 Å². The van der Waals surface area contributed by atoms with Gasteiger partial charge in [-0.3, -0.25) is 4.79 Å². The molecular weight excluding hydrogens is 226 g/mol. The van der Waals surface area contributed by atoms with Gasteiger partial charge in [0.25, 0.3) is 0 Å². The molecule has 0 aromatic heterocycles. The standard InChI is InChI=1S/C14H23N3O/c1-11(10-17(3)4)15-9-13-7-5-6-8-14(13)16-12(2)18/h5-8,11,15H,9-10H2,1-4H3,(H,16,18). The topological polar surface area (TPSA) is 44.4 Å². The highest BCUT2D eigenvalue weighted by molar-refractivity contribution is 5.89. The van der Waals surface area contributed by atoms with E-state index in [1.165, 1.54) is 6.92 Å². The summed E-state index contributed by atoms with van der Waals surface area (Å²) in [5.41, 5.74) is 1.99. The minimum absolute atomic E-state index is 0.0382. The van der Waals surface area contributed by atoms with Crippen LogP contribution in [0.2, 0.25) is 0 Å². The van der Waals surface area contributed by atoms with E-state index in [0.29, 0.717) is 6.04 Å². The summed E-state index contributed by atoms with van der Waals surface area (Å²) in [4.78, 5) is 13.3. The monoisotopic (exact) mass is 249 g/mol. The van der Waals surface area contributed by atoms with Crippen molar-refractivity contribution in [3.05, 3.63) is 29.8 Å². The Morgan fingerprint density at radius 2 is 2.00 bits per heavy atom. The summed E-state index contributed by atoms with van der Waals surface area (Å²) >= 11 is 0. The smallest absolute Gasteiger partial charge is 0.221 e. The molecule has 1 aromatic rings. The predicted molar refractivity (Wildman–Crippen MR) is 75.6 cm³/mol. The van der Waals surface area contributed by atoms with Crippen LogP contribution >= 0.6 is 0 Å². The van der Waals surface area contributed by atoms with Crippen molar-refractivity contribution in [2.45, 2.75) is 26.4 Å². The summed E-state index contributed by atoms with van der Waals surface area (Å²) in [6.45, 7) is 5.42. The maximum Gasteiger partial charge on any atom is 0.221 e. The second-order valence-corrected chi connectivity index (χ2v) is 4.88. The third kappa shape index (κ3) is 5.29. The molecule has 0 aliphatic heterocycles. The van der Waals surface area contributed by atoms with E-state index in [-0.39, 0.29) is 5.91 Å². The van der Waals surface area contributed by atoms with E-state index >= 15 is 0 Å². The largest absolute Gasteiger partial charge is 0.326 e. The molecule has 0 spiro atoms. The van der Waals surface area contributed by atoms with E-state index in [4.69, 9.17) is 0 Å². The first-order valence-electron chi connectivity index (χ1n) is 6.22. The Kier molecular flexibility index (Phi) is 5.82. The normalized spacial score (nSPS) is 12.5. The summed E-state index contributed by atoms with van der Waals surface area (Å²) in [5, 5.41) is 6.30. The van der Waals surface area contributed by atoms with Crippen LogP contribution in [0.15, 0.2) is 24.3 Å². The van der Waals surface area contributed by atoms with Gasteiger partial charge in [0.15, 0.2) is 0 Å². The highest BCUT2D eigenvalue weighted by Gasteiger charge is 2.06. The van der Waals surface area contributed by atoms with Gasteiger partial charge in [-0.05, 0) is 32.6 Å². The molecule has 1 unspecified atom stereocenters. The van der Waals surface area contributed by atoms with E-state index in [2.05, 4.69) is 36.6 Å². The number of para-hydroxylation sites is 1. The van der Waals surface area contributed by atoms with Gasteiger partial charge in [0.1, 0.15) is 0 Å². The predicted octanol–water partition coefficient (Wildman–Crippen LogP) is 1.68. The average molecular weight is 249 g/mol. The van der Waals surface area contributed by atoms with Crippen molar-refractivity contribution in [3.8, 4) is 0 Å². The summed E-state index contributed by atoms with van der Waals surface area (Å²) in [5.74, 6) is -0.0382. The lowest BCUT2D eigenvalue weighted by molar-refractivity contribution is -0.114. The number of anilines is 1. The van der Waals surface area contributed by atoms with Crippen LogP contribution in [0, 0.1) is 0 Å². The van der Waals surface area contributed by atoms with Crippen LogP contribution in [0.3, 0.4) is 0 Å². The fourth-order valence-corrected chi connectivity index (χ4v) is 1.88. The first kappa shape index (κ1) is 14.7. The lowest BCUT2D eigenvalue weighted by Gasteiger charge is -2.19. The molecule has 100 valence electrons. The Morgan fingerprint density at radius 3 is 2.61 bits per heavy atom. The number of hydrogen-bond donors (Lipinski definition) is 2. The zero-order valence-electron chi connectivity index (χ0n) is 11.7. The number of likely N-dealkylation sites (N-methyl/N-ethyl adjacent to an activating group) is 1. The van der Waals surface area contributed by atoms with E-state index < -0.39 is 0 Å². The summed E-state index contributed by atoms with van der Waals surface area (Å²) in [6, 6.07) is 8.28. The Bertz CT molecular complexity index is 390. The van der Waals surface area contributed by atoms with Gasteiger partial charge >= 0.3 is 0 Å². The molecule has 0 saturated carbocycles. The number of amides is 1. The Hall–Kier alpha value is -1.39. The molecule has 0 saturated heterocycles. The zero-order chi connectivity index (χ0) is 13.5. The van der Waals surface area contributed by atoms with Crippen LogP contribution in [0.4, 0.5) is 5.69 Å². The molecule has 2 N–H and O–H groups in total. The first-order valence-corrected chi connectivity index (χ1v) is 6.22. The van der Waals surface area contributed by atoms with E-state index in [9.17, 15) is 4.79 Å². The Labute approximate surface area is 109 Å². The molecule has 0 fully saturated rings. The molecule has 1 rings (SSSR count). The fourth-order valence-electron chi connectivity index (χ4n) is 1.88. The van der Waals surface area contributed by atoms with Gasteiger partial charge < -0.3 is 15.5 Å². The van der Waals surface area contributed by atoms with Gasteiger partial charge in [-0.15, -0.1) is 0 Å². The van der Waals surface area contributed by atoms with Crippen LogP contribution in [0.5, 0.6) is 0 Å². The van der Waals surface area contributed by atoms with Crippen molar-refractivity contribution < 1.29 is 4.79 Å². The number of rotatable bonds is 6. The second-order valence-electron chi connectivity index (χ2n) is 4.88. The summed E-state index contributed by atoms with van der Waals surface area (Å²) in [6.07, 6.45) is 0. The van der Waals surface area contributed by atoms with Gasteiger partial charge in [0, 0.05) is 31.7 Å². The molecule has 4 nitrogen and oxygen atoms in total. The van der Waals surface area contributed by atoms with Crippen LogP contribution < -0.4 is 10.6 Å². The van der Waals surface area contributed by atoms with Crippen molar-refractivity contribution >= 4 is 11.6 Å². The van der Waals surface area contributed by atoms with Crippen LogP contribution in [-0.4, -0.2) is 37.5 Å². The Balaban J connectivity index is 2.58. The number of carbonyl (C=O) groups excluding carboxylic acids is 1. The molecule has 1 aromatic carbocycles. The fraction of sp³-hybridized carbons (Fsp3) is 0.500. The summed E-state index contributed by atoms with van der Waals surface area (Å²) < 4.78 is 0. The van der Waals surface area contributed by atoms with Crippen molar-refractivity contribution in [2.75, 3.05) is 26.0 Å². The zero-order valence-corrected chi connectivity index (χ0v) is 11.7. The molecule has 1 amide bonds. The van der Waals surface area contributed by atoms with Crippen molar-refractivity contribution in [2.24, 2.45) is 0 Å². The number of nitrogens with zero attached hydrogens (tertiary/aromatic N) is 1. The van der Waals surface area contributed by atoms with E-state index in [1.807, 2.05) is 24.3 Å². The van der Waals surface area contributed by atoms with Gasteiger partial charge in [-0.1, -0.05) is 18.2 Å². The lowest BCUT2D eigenvalue weighted by Crippen LogP contribution is -2.35. The van der Waals surface area contributed by atoms with Crippen LogP contribution in [0.1, 0.15) is 19.4 Å². The molecule has 4 heteroatoms. The molecular formula is C14H23N3O. The van der Waals surface area contributed by atoms with Crippen molar-refractivity contribution in [1.29, 1.82) is 0 Å². The van der Waals surface area contributed by atoms with E-state index in [0.717, 1.165) is 24.3 Å². The average Bonchev–Trinajstić information content (AvgIpc) is 2.26. The number of hydrogen-bond acceptors (Lipinski definition) is 3. The number of carbonyl (C=O) groups is 1. The molecule has 0 radical (unpaired) electrons. The van der Waals surface area contributed by atoms with Crippen molar-refractivity contribution in [1.82, 2.24) is 10.2 Å². The molecule has 0 heterocycles. The maximum atomic E-state index is 11.1. The number of nitrogens with one attached hydrogen (secondary N) is 2. The molecule has 18 heavy (non-hydrogen) atoms. The SMILES string of the molecule is CC(=O)Nc1ccccc1CNC(C)CN(C)C. The highest BCUT2D eigenvalue weighted by atomic mass is 16.1. The minimum Gasteiger partial charge on any atom is -0.326 e. The maximum absolute atomic E-state index is 11.1. The van der Waals surface area contributed by atoms with E-state index in [1.54, 1.807) is 0 Å². The van der Waals surface area contributed by atoms with Gasteiger partial charge in [-0.2, -0.15) is 0 Å². The third-order valence-corrected chi connectivity index (χ3v) is 2.61. The lowest BCUT2D eigenvalue weighted by atomic mass is 10.1. The quantitative estimate of drug-likeness (QED) is 0.806. The van der Waals surface area contributed by atoms with Gasteiger partial charge in [-0.25, -0.2) is 0 Å². The molecule has 0 bridgehead atoms. The molecule has 0 aliphatic carbocycles. The first-order chi connectivity index (χ1) is 8.49. The van der Waals surface area contributed by atoms with Gasteiger partial charge in [0.05, 0.1) is 0 Å². The molecule has 0 aliphatic rings. The van der Waals surface area contributed by atoms with Gasteiger partial charge in [0.2, 0.25) is 5.91 Å². The third-order valence-electron chi connectivity index (χ3n) is 2.61. The molecule has 1 atom stereocenters. The van der Waals surface area contributed by atoms with Crippen LogP contribution in [0.25, 0.3) is 0 Å². The number of benzene rings is 1. The Morgan fingerprint density at radius 1 is 1.33 bits per heavy atom. The summed E-state index contributed by atoms with van der Waals surface area (Å²) in [7, 11) is 4.12. The van der Waals surface area contributed by atoms with Crippen molar-refractivity contribution in [3.63, 3.8) is 0 Å². The minimum atomic E-state index is -0.0382. The second kappa shape index (κ2) is 7.13. The highest BCUT2D eigenvalue weighted by Crippen LogP contribution is 2.14.